The average Bonchev–Trinajstić information content (AvgIpc) is 2.63. The lowest BCUT2D eigenvalue weighted by molar-refractivity contribution is -0.113. The third-order valence-electron chi connectivity index (χ3n) is 4.21. The zero-order chi connectivity index (χ0) is 20.3. The Bertz CT molecular complexity index is 961. The normalized spacial score (nSPS) is 16.2. The molecule has 2 aromatic rings. The van der Waals surface area contributed by atoms with E-state index in [0.29, 0.717) is 39.4 Å². The second kappa shape index (κ2) is 8.50. The Labute approximate surface area is 173 Å². The number of nitrogens with one attached hydrogen (secondary N) is 3. The van der Waals surface area contributed by atoms with Gasteiger partial charge in [-0.1, -0.05) is 23.7 Å². The van der Waals surface area contributed by atoms with E-state index in [0.717, 1.165) is 5.56 Å². The van der Waals surface area contributed by atoms with Crippen LogP contribution < -0.4 is 20.7 Å². The molecule has 0 radical (unpaired) electrons. The van der Waals surface area contributed by atoms with Crippen molar-refractivity contribution in [3.05, 3.63) is 64.3 Å². The molecule has 2 aromatic carbocycles. The number of halogens is 1. The SMILES string of the molecule is CCOc1cc(C2NC(=S)NC(C)=C2C(=O)Nc2cccc(Cl)c2)ccc1O. The first-order chi connectivity index (χ1) is 13.4. The summed E-state index contributed by atoms with van der Waals surface area (Å²) in [5, 5.41) is 19.9. The Kier molecular flexibility index (Phi) is 6.06. The fourth-order valence-electron chi connectivity index (χ4n) is 2.99. The van der Waals surface area contributed by atoms with E-state index in [-0.39, 0.29) is 11.7 Å². The van der Waals surface area contributed by atoms with Gasteiger partial charge in [-0.3, -0.25) is 4.79 Å². The molecule has 8 heteroatoms. The summed E-state index contributed by atoms with van der Waals surface area (Å²) in [6.45, 7) is 4.03. The van der Waals surface area contributed by atoms with E-state index < -0.39 is 6.04 Å². The zero-order valence-corrected chi connectivity index (χ0v) is 16.9. The molecule has 1 heterocycles. The van der Waals surface area contributed by atoms with Gasteiger partial charge < -0.3 is 25.8 Å². The number of allylic oxidation sites excluding steroid dienone is 1. The molecular weight excluding hydrogens is 398 g/mol. The van der Waals surface area contributed by atoms with E-state index in [9.17, 15) is 9.90 Å². The molecule has 0 aliphatic carbocycles. The first-order valence-electron chi connectivity index (χ1n) is 8.70. The van der Waals surface area contributed by atoms with Crippen LogP contribution in [-0.2, 0) is 4.79 Å². The molecule has 0 aromatic heterocycles. The Hall–Kier alpha value is -2.77. The lowest BCUT2D eigenvalue weighted by Crippen LogP contribution is -2.45. The summed E-state index contributed by atoms with van der Waals surface area (Å²) in [5.41, 5.74) is 2.44. The molecule has 4 N–H and O–H groups in total. The van der Waals surface area contributed by atoms with Crippen molar-refractivity contribution in [2.24, 2.45) is 0 Å². The van der Waals surface area contributed by atoms with Gasteiger partial charge in [0.05, 0.1) is 18.2 Å². The molecule has 28 heavy (non-hydrogen) atoms. The molecular formula is C20H20ClN3O3S. The van der Waals surface area contributed by atoms with Crippen molar-refractivity contribution in [1.29, 1.82) is 0 Å². The minimum Gasteiger partial charge on any atom is -0.504 e. The molecule has 3 rings (SSSR count). The third kappa shape index (κ3) is 4.37. The van der Waals surface area contributed by atoms with Crippen LogP contribution in [0.5, 0.6) is 11.5 Å². The molecule has 146 valence electrons. The minimum absolute atomic E-state index is 0.0349. The van der Waals surface area contributed by atoms with Crippen molar-refractivity contribution in [2.45, 2.75) is 19.9 Å². The number of thiocarbonyl (C=S) groups is 1. The van der Waals surface area contributed by atoms with Gasteiger partial charge in [-0.15, -0.1) is 0 Å². The quantitative estimate of drug-likeness (QED) is 0.553. The van der Waals surface area contributed by atoms with Gasteiger partial charge in [0, 0.05) is 16.4 Å². The maximum absolute atomic E-state index is 13.0. The Morgan fingerprint density at radius 2 is 2.11 bits per heavy atom. The number of phenolic OH excluding ortho intramolecular Hbond substituents is 1. The van der Waals surface area contributed by atoms with E-state index in [1.807, 2.05) is 6.92 Å². The molecule has 6 nitrogen and oxygen atoms in total. The van der Waals surface area contributed by atoms with Crippen LogP contribution in [0.25, 0.3) is 0 Å². The van der Waals surface area contributed by atoms with Crippen molar-refractivity contribution in [1.82, 2.24) is 10.6 Å². The number of rotatable bonds is 5. The van der Waals surface area contributed by atoms with Gasteiger partial charge in [-0.2, -0.15) is 0 Å². The number of anilines is 1. The highest BCUT2D eigenvalue weighted by Gasteiger charge is 2.30. The highest BCUT2D eigenvalue weighted by atomic mass is 35.5. The van der Waals surface area contributed by atoms with Crippen LogP contribution >= 0.6 is 23.8 Å². The first kappa shape index (κ1) is 20.0. The molecule has 1 amide bonds. The third-order valence-corrected chi connectivity index (χ3v) is 4.67. The van der Waals surface area contributed by atoms with Gasteiger partial charge in [0.1, 0.15) is 0 Å². The number of aromatic hydroxyl groups is 1. The number of amides is 1. The van der Waals surface area contributed by atoms with Crippen molar-refractivity contribution >= 4 is 40.5 Å². The first-order valence-corrected chi connectivity index (χ1v) is 9.48. The Morgan fingerprint density at radius 3 is 2.82 bits per heavy atom. The summed E-state index contributed by atoms with van der Waals surface area (Å²) in [5.74, 6) is 0.0875. The van der Waals surface area contributed by atoms with Crippen molar-refractivity contribution in [2.75, 3.05) is 11.9 Å². The lowest BCUT2D eigenvalue weighted by Gasteiger charge is -2.30. The second-order valence-corrected chi connectivity index (χ2v) is 7.04. The van der Waals surface area contributed by atoms with E-state index in [1.54, 1.807) is 43.3 Å². The number of ether oxygens (including phenoxy) is 1. The van der Waals surface area contributed by atoms with Crippen molar-refractivity contribution < 1.29 is 14.6 Å². The lowest BCUT2D eigenvalue weighted by atomic mass is 9.94. The fourth-order valence-corrected chi connectivity index (χ4v) is 3.45. The summed E-state index contributed by atoms with van der Waals surface area (Å²) in [4.78, 5) is 13.0. The number of hydrogen-bond acceptors (Lipinski definition) is 4. The summed E-state index contributed by atoms with van der Waals surface area (Å²) in [6, 6.07) is 11.4. The zero-order valence-electron chi connectivity index (χ0n) is 15.4. The number of hydrogen-bond donors (Lipinski definition) is 4. The van der Waals surface area contributed by atoms with Crippen LogP contribution in [0.1, 0.15) is 25.5 Å². The summed E-state index contributed by atoms with van der Waals surface area (Å²) in [6.07, 6.45) is 0. The Morgan fingerprint density at radius 1 is 1.32 bits per heavy atom. The van der Waals surface area contributed by atoms with Crippen LogP contribution in [0.3, 0.4) is 0 Å². The van der Waals surface area contributed by atoms with Crippen LogP contribution in [0.4, 0.5) is 5.69 Å². The van der Waals surface area contributed by atoms with E-state index in [4.69, 9.17) is 28.6 Å². The molecule has 0 fully saturated rings. The minimum atomic E-state index is -0.507. The molecule has 0 spiro atoms. The van der Waals surface area contributed by atoms with Crippen LogP contribution in [0, 0.1) is 0 Å². The predicted molar refractivity (Wildman–Crippen MR) is 114 cm³/mol. The topological polar surface area (TPSA) is 82.6 Å². The van der Waals surface area contributed by atoms with E-state index >= 15 is 0 Å². The van der Waals surface area contributed by atoms with Gasteiger partial charge >= 0.3 is 0 Å². The number of carbonyl (C=O) groups excluding carboxylic acids is 1. The summed E-state index contributed by atoms with van der Waals surface area (Å²) in [7, 11) is 0. The van der Waals surface area contributed by atoms with Crippen molar-refractivity contribution in [3.63, 3.8) is 0 Å². The Balaban J connectivity index is 1.97. The maximum atomic E-state index is 13.0. The van der Waals surface area contributed by atoms with Gasteiger partial charge in [0.15, 0.2) is 16.6 Å². The molecule has 0 saturated heterocycles. The number of benzene rings is 2. The largest absolute Gasteiger partial charge is 0.504 e. The monoisotopic (exact) mass is 417 g/mol. The van der Waals surface area contributed by atoms with Gasteiger partial charge in [0.25, 0.3) is 5.91 Å². The van der Waals surface area contributed by atoms with Gasteiger partial charge in [0.2, 0.25) is 0 Å². The predicted octanol–water partition coefficient (Wildman–Crippen LogP) is 3.88. The summed E-state index contributed by atoms with van der Waals surface area (Å²) >= 11 is 11.3. The molecule has 0 bridgehead atoms. The van der Waals surface area contributed by atoms with E-state index in [2.05, 4.69) is 16.0 Å². The smallest absolute Gasteiger partial charge is 0.255 e. The molecule has 1 atom stereocenters. The molecule has 1 unspecified atom stereocenters. The van der Waals surface area contributed by atoms with Crippen LogP contribution in [-0.4, -0.2) is 22.7 Å². The van der Waals surface area contributed by atoms with Gasteiger partial charge in [-0.05, 0) is 62.0 Å². The van der Waals surface area contributed by atoms with Crippen LogP contribution in [0.15, 0.2) is 53.7 Å². The fraction of sp³-hybridized carbons (Fsp3) is 0.200. The highest BCUT2D eigenvalue weighted by Crippen LogP contribution is 2.34. The second-order valence-electron chi connectivity index (χ2n) is 6.19. The number of carbonyl (C=O) groups is 1. The van der Waals surface area contributed by atoms with E-state index in [1.165, 1.54) is 6.07 Å². The molecule has 1 aliphatic heterocycles. The van der Waals surface area contributed by atoms with Crippen molar-refractivity contribution in [3.8, 4) is 11.5 Å². The maximum Gasteiger partial charge on any atom is 0.255 e. The standard InChI is InChI=1S/C20H20ClN3O3S/c1-3-27-16-9-12(7-8-15(16)25)18-17(11(2)22-20(28)24-18)19(26)23-14-6-4-5-13(21)10-14/h4-10,18,25H,3H2,1-2H3,(H,23,26)(H2,22,24,28). The highest BCUT2D eigenvalue weighted by molar-refractivity contribution is 7.80. The molecule has 0 saturated carbocycles. The van der Waals surface area contributed by atoms with Crippen LogP contribution in [0.2, 0.25) is 5.02 Å². The average molecular weight is 418 g/mol. The summed E-state index contributed by atoms with van der Waals surface area (Å²) < 4.78 is 5.47. The van der Waals surface area contributed by atoms with Gasteiger partial charge in [-0.25, -0.2) is 0 Å². The molecule has 1 aliphatic rings. The number of phenols is 1.